The minimum atomic E-state index is -1.10. The number of ether oxygens (including phenoxy) is 2. The fraction of sp³-hybridized carbons (Fsp3) is 0.190. The van der Waals surface area contributed by atoms with Gasteiger partial charge >= 0.3 is 5.97 Å². The number of hydrazone groups is 1. The Labute approximate surface area is 182 Å². The van der Waals surface area contributed by atoms with Crippen LogP contribution < -0.4 is 14.9 Å². The number of aromatic nitrogens is 1. The van der Waals surface area contributed by atoms with Crippen molar-refractivity contribution in [2.24, 2.45) is 5.10 Å². The molecule has 0 aliphatic carbocycles. The third kappa shape index (κ3) is 5.49. The van der Waals surface area contributed by atoms with Gasteiger partial charge in [0.05, 0.1) is 23.5 Å². The van der Waals surface area contributed by atoms with E-state index in [4.69, 9.17) is 26.2 Å². The fourth-order valence-electron chi connectivity index (χ4n) is 2.50. The molecular formula is C21H20ClN3O4S. The molecule has 0 radical (unpaired) electrons. The van der Waals surface area contributed by atoms with Gasteiger partial charge in [-0.25, -0.2) is 9.78 Å². The zero-order chi connectivity index (χ0) is 21.5. The number of carboxylic acids is 1. The predicted molar refractivity (Wildman–Crippen MR) is 119 cm³/mol. The lowest BCUT2D eigenvalue weighted by Gasteiger charge is -2.16. The number of halogens is 1. The molecular weight excluding hydrogens is 426 g/mol. The Balaban J connectivity index is 1.74. The molecule has 3 rings (SSSR count). The molecule has 9 heteroatoms. The van der Waals surface area contributed by atoms with Gasteiger partial charge in [-0.3, -0.25) is 5.43 Å². The highest BCUT2D eigenvalue weighted by molar-refractivity contribution is 7.14. The third-order valence-electron chi connectivity index (χ3n) is 3.92. The van der Waals surface area contributed by atoms with E-state index in [1.165, 1.54) is 18.3 Å². The zero-order valence-corrected chi connectivity index (χ0v) is 17.9. The number of hydrogen-bond donors (Lipinski definition) is 2. The Morgan fingerprint density at radius 2 is 2.13 bits per heavy atom. The lowest BCUT2D eigenvalue weighted by atomic mass is 10.2. The van der Waals surface area contributed by atoms with Gasteiger partial charge < -0.3 is 14.6 Å². The summed E-state index contributed by atoms with van der Waals surface area (Å²) >= 11 is 7.74. The molecule has 156 valence electrons. The number of benzene rings is 2. The molecule has 7 nitrogen and oxygen atoms in total. The maximum Gasteiger partial charge on any atom is 0.344 e. The zero-order valence-electron chi connectivity index (χ0n) is 16.3. The smallest absolute Gasteiger partial charge is 0.344 e. The van der Waals surface area contributed by atoms with Crippen molar-refractivity contribution in [1.29, 1.82) is 0 Å². The number of carboxylic acid groups (broad SMARTS) is 1. The Bertz CT molecular complexity index is 1040. The molecule has 1 unspecified atom stereocenters. The van der Waals surface area contributed by atoms with Gasteiger partial charge in [0.2, 0.25) is 5.13 Å². The molecule has 0 aliphatic rings. The van der Waals surface area contributed by atoms with E-state index in [2.05, 4.69) is 15.5 Å². The van der Waals surface area contributed by atoms with Crippen molar-refractivity contribution in [3.8, 4) is 22.8 Å². The number of rotatable bonds is 9. The van der Waals surface area contributed by atoms with Crippen molar-refractivity contribution >= 4 is 40.3 Å². The summed E-state index contributed by atoms with van der Waals surface area (Å²) in [5.74, 6) is -0.562. The van der Waals surface area contributed by atoms with Gasteiger partial charge in [-0.1, -0.05) is 41.9 Å². The van der Waals surface area contributed by atoms with Crippen LogP contribution in [0.2, 0.25) is 5.02 Å². The summed E-state index contributed by atoms with van der Waals surface area (Å²) in [5.41, 5.74) is 5.46. The number of nitrogens with zero attached hydrogens (tertiary/aromatic N) is 2. The van der Waals surface area contributed by atoms with Crippen LogP contribution in [0.3, 0.4) is 0 Å². The van der Waals surface area contributed by atoms with E-state index < -0.39 is 12.1 Å². The molecule has 0 fully saturated rings. The summed E-state index contributed by atoms with van der Waals surface area (Å²) in [6.45, 7) is 3.60. The van der Waals surface area contributed by atoms with Crippen molar-refractivity contribution in [3.63, 3.8) is 0 Å². The highest BCUT2D eigenvalue weighted by Gasteiger charge is 2.19. The monoisotopic (exact) mass is 445 g/mol. The minimum absolute atomic E-state index is 0.186. The fourth-order valence-corrected chi connectivity index (χ4v) is 3.43. The van der Waals surface area contributed by atoms with Crippen LogP contribution in [0.1, 0.15) is 19.4 Å². The molecule has 1 aromatic heterocycles. The highest BCUT2D eigenvalue weighted by atomic mass is 35.5. The number of anilines is 1. The first kappa shape index (κ1) is 21.6. The van der Waals surface area contributed by atoms with Gasteiger partial charge in [0.15, 0.2) is 17.6 Å². The Kier molecular flexibility index (Phi) is 7.26. The van der Waals surface area contributed by atoms with Crippen LogP contribution in [0, 0.1) is 0 Å². The highest BCUT2D eigenvalue weighted by Crippen LogP contribution is 2.37. The Morgan fingerprint density at radius 3 is 2.83 bits per heavy atom. The molecule has 0 saturated heterocycles. The SMILES string of the molecule is CCOc1cc(C=NNc2nc(-c3ccccc3)cs2)cc(Cl)c1OC(C)C(=O)O. The van der Waals surface area contributed by atoms with E-state index in [0.717, 1.165) is 11.3 Å². The standard InChI is InChI=1S/C21H20ClN3O4S/c1-3-28-18-10-14(9-16(22)19(18)29-13(2)20(26)27)11-23-25-21-24-17(12-30-21)15-7-5-4-6-8-15/h4-13H,3H2,1-2H3,(H,24,25)(H,26,27). The molecule has 1 heterocycles. The quantitative estimate of drug-likeness (QED) is 0.349. The van der Waals surface area contributed by atoms with Gasteiger partial charge in [0.25, 0.3) is 0 Å². The summed E-state index contributed by atoms with van der Waals surface area (Å²) in [7, 11) is 0. The maximum atomic E-state index is 11.1. The average Bonchev–Trinajstić information content (AvgIpc) is 3.20. The largest absolute Gasteiger partial charge is 0.490 e. The van der Waals surface area contributed by atoms with Crippen molar-refractivity contribution in [2.75, 3.05) is 12.0 Å². The van der Waals surface area contributed by atoms with Gasteiger partial charge in [-0.2, -0.15) is 5.10 Å². The lowest BCUT2D eigenvalue weighted by molar-refractivity contribution is -0.144. The molecule has 1 atom stereocenters. The predicted octanol–water partition coefficient (Wildman–Crippen LogP) is 5.16. The van der Waals surface area contributed by atoms with E-state index >= 15 is 0 Å². The van der Waals surface area contributed by atoms with E-state index in [-0.39, 0.29) is 10.8 Å². The van der Waals surface area contributed by atoms with Crippen LogP contribution in [0.5, 0.6) is 11.5 Å². The summed E-state index contributed by atoms with van der Waals surface area (Å²) in [5, 5.41) is 16.1. The molecule has 0 saturated carbocycles. The summed E-state index contributed by atoms with van der Waals surface area (Å²) < 4.78 is 11.0. The van der Waals surface area contributed by atoms with E-state index in [9.17, 15) is 4.79 Å². The Morgan fingerprint density at radius 1 is 1.37 bits per heavy atom. The van der Waals surface area contributed by atoms with Crippen molar-refractivity contribution in [1.82, 2.24) is 4.98 Å². The Hall–Kier alpha value is -3.10. The van der Waals surface area contributed by atoms with Crippen molar-refractivity contribution < 1.29 is 19.4 Å². The van der Waals surface area contributed by atoms with E-state index in [1.54, 1.807) is 18.3 Å². The number of thiazole rings is 1. The lowest BCUT2D eigenvalue weighted by Crippen LogP contribution is -2.23. The van der Waals surface area contributed by atoms with Crippen molar-refractivity contribution in [2.45, 2.75) is 20.0 Å². The number of hydrogen-bond acceptors (Lipinski definition) is 7. The minimum Gasteiger partial charge on any atom is -0.490 e. The van der Waals surface area contributed by atoms with Gasteiger partial charge in [0, 0.05) is 10.9 Å². The molecule has 0 spiro atoms. The number of nitrogens with one attached hydrogen (secondary N) is 1. The molecule has 3 aromatic rings. The normalized spacial score (nSPS) is 12.0. The molecule has 2 N–H and O–H groups in total. The van der Waals surface area contributed by atoms with E-state index in [1.807, 2.05) is 42.6 Å². The van der Waals surface area contributed by atoms with Gasteiger partial charge in [-0.05, 0) is 31.5 Å². The first-order valence-electron chi connectivity index (χ1n) is 9.13. The second kappa shape index (κ2) is 10.1. The van der Waals surface area contributed by atoms with Crippen LogP contribution in [0.15, 0.2) is 52.9 Å². The first-order chi connectivity index (χ1) is 14.5. The van der Waals surface area contributed by atoms with Crippen LogP contribution in [0.4, 0.5) is 5.13 Å². The van der Waals surface area contributed by atoms with Gasteiger partial charge in [0.1, 0.15) is 0 Å². The molecule has 0 amide bonds. The second-order valence-corrected chi connectivity index (χ2v) is 7.40. The second-order valence-electron chi connectivity index (χ2n) is 6.14. The van der Waals surface area contributed by atoms with Crippen LogP contribution in [-0.2, 0) is 4.79 Å². The average molecular weight is 446 g/mol. The number of aliphatic carboxylic acids is 1. The molecule has 0 bridgehead atoms. The van der Waals surface area contributed by atoms with Crippen LogP contribution in [-0.4, -0.2) is 35.0 Å². The van der Waals surface area contributed by atoms with Crippen LogP contribution >= 0.6 is 22.9 Å². The van der Waals surface area contributed by atoms with Crippen LogP contribution in [0.25, 0.3) is 11.3 Å². The van der Waals surface area contributed by atoms with E-state index in [0.29, 0.717) is 23.1 Å². The third-order valence-corrected chi connectivity index (χ3v) is 4.95. The summed E-state index contributed by atoms with van der Waals surface area (Å²) in [6.07, 6.45) is 0.508. The molecule has 2 aromatic carbocycles. The maximum absolute atomic E-state index is 11.1. The molecule has 30 heavy (non-hydrogen) atoms. The molecule has 0 aliphatic heterocycles. The number of carbonyl (C=O) groups is 1. The summed E-state index contributed by atoms with van der Waals surface area (Å²) in [6, 6.07) is 13.2. The first-order valence-corrected chi connectivity index (χ1v) is 10.4. The topological polar surface area (TPSA) is 93.0 Å². The van der Waals surface area contributed by atoms with Crippen molar-refractivity contribution in [3.05, 3.63) is 58.4 Å². The summed E-state index contributed by atoms with van der Waals surface area (Å²) in [4.78, 5) is 15.6. The van der Waals surface area contributed by atoms with Gasteiger partial charge in [-0.15, -0.1) is 11.3 Å².